The second kappa shape index (κ2) is 5.82. The third-order valence-corrected chi connectivity index (χ3v) is 3.08. The molecule has 0 saturated heterocycles. The minimum atomic E-state index is -1.08. The molecule has 4 nitrogen and oxygen atoms in total. The van der Waals surface area contributed by atoms with Crippen LogP contribution in [0.15, 0.2) is 28.7 Å². The molecule has 92 valence electrons. The van der Waals surface area contributed by atoms with Crippen molar-refractivity contribution in [2.24, 2.45) is 5.92 Å². The van der Waals surface area contributed by atoms with E-state index in [0.29, 0.717) is 5.69 Å². The van der Waals surface area contributed by atoms with Gasteiger partial charge in [-0.25, -0.2) is 0 Å². The molecule has 0 radical (unpaired) electrons. The zero-order valence-corrected chi connectivity index (χ0v) is 11.3. The summed E-state index contributed by atoms with van der Waals surface area (Å²) in [6.07, 6.45) is 0.287. The van der Waals surface area contributed by atoms with Gasteiger partial charge in [-0.05, 0) is 30.7 Å². The number of halogens is 1. The second-order valence-corrected chi connectivity index (χ2v) is 4.59. The van der Waals surface area contributed by atoms with Gasteiger partial charge in [0.05, 0.1) is 0 Å². The standard InChI is InChI=1S/C12H14BrNO3/c1-3-10(12(16)17)11(15)14(2)9-6-4-8(13)5-7-9/h4-7,10H,3H2,1-2H3,(H,16,17). The molecule has 1 aromatic rings. The van der Waals surface area contributed by atoms with Crippen molar-refractivity contribution in [1.82, 2.24) is 0 Å². The van der Waals surface area contributed by atoms with E-state index < -0.39 is 17.8 Å². The number of hydrogen-bond acceptors (Lipinski definition) is 2. The van der Waals surface area contributed by atoms with Gasteiger partial charge >= 0.3 is 5.97 Å². The molecular weight excluding hydrogens is 286 g/mol. The molecule has 0 bridgehead atoms. The van der Waals surface area contributed by atoms with E-state index in [9.17, 15) is 9.59 Å². The molecule has 5 heteroatoms. The third kappa shape index (κ3) is 3.30. The highest BCUT2D eigenvalue weighted by Crippen LogP contribution is 2.19. The lowest BCUT2D eigenvalue weighted by Crippen LogP contribution is -2.36. The first kappa shape index (κ1) is 13.7. The normalized spacial score (nSPS) is 11.9. The Labute approximate surface area is 108 Å². The van der Waals surface area contributed by atoms with Gasteiger partial charge in [0.2, 0.25) is 5.91 Å². The van der Waals surface area contributed by atoms with Crippen molar-refractivity contribution in [3.05, 3.63) is 28.7 Å². The molecule has 0 fully saturated rings. The molecule has 0 aliphatic rings. The van der Waals surface area contributed by atoms with E-state index in [2.05, 4.69) is 15.9 Å². The van der Waals surface area contributed by atoms with Crippen LogP contribution in [0.4, 0.5) is 5.69 Å². The average molecular weight is 300 g/mol. The molecule has 1 N–H and O–H groups in total. The van der Waals surface area contributed by atoms with Crippen molar-refractivity contribution in [2.45, 2.75) is 13.3 Å². The fourth-order valence-electron chi connectivity index (χ4n) is 1.48. The van der Waals surface area contributed by atoms with Gasteiger partial charge in [-0.3, -0.25) is 9.59 Å². The molecular formula is C12H14BrNO3. The van der Waals surface area contributed by atoms with Gasteiger partial charge in [0.1, 0.15) is 5.92 Å². The summed E-state index contributed by atoms with van der Waals surface area (Å²) in [5.41, 5.74) is 0.679. The van der Waals surface area contributed by atoms with Crippen LogP contribution in [0.25, 0.3) is 0 Å². The summed E-state index contributed by atoms with van der Waals surface area (Å²) in [7, 11) is 1.58. The first-order valence-electron chi connectivity index (χ1n) is 5.23. The minimum absolute atomic E-state index is 0.287. The quantitative estimate of drug-likeness (QED) is 0.869. The lowest BCUT2D eigenvalue weighted by Gasteiger charge is -2.20. The first-order valence-corrected chi connectivity index (χ1v) is 6.02. The Kier molecular flexibility index (Phi) is 4.69. The van der Waals surface area contributed by atoms with Gasteiger partial charge in [0.15, 0.2) is 0 Å². The zero-order chi connectivity index (χ0) is 13.0. The maximum atomic E-state index is 11.9. The number of carboxylic acid groups (broad SMARTS) is 1. The molecule has 17 heavy (non-hydrogen) atoms. The van der Waals surface area contributed by atoms with Gasteiger partial charge < -0.3 is 10.0 Å². The number of amides is 1. The van der Waals surface area contributed by atoms with Crippen LogP contribution in [0, 0.1) is 5.92 Å². The van der Waals surface area contributed by atoms with Crippen molar-refractivity contribution in [3.8, 4) is 0 Å². The van der Waals surface area contributed by atoms with Gasteiger partial charge in [0.25, 0.3) is 0 Å². The van der Waals surface area contributed by atoms with Crippen LogP contribution in [0.2, 0.25) is 0 Å². The number of nitrogens with zero attached hydrogens (tertiary/aromatic N) is 1. The average Bonchev–Trinajstić information content (AvgIpc) is 2.29. The molecule has 0 aromatic heterocycles. The number of hydrogen-bond donors (Lipinski definition) is 1. The number of anilines is 1. The summed E-state index contributed by atoms with van der Waals surface area (Å²) in [5.74, 6) is -2.47. The highest BCUT2D eigenvalue weighted by molar-refractivity contribution is 9.10. The summed E-state index contributed by atoms with van der Waals surface area (Å²) in [5, 5.41) is 8.93. The molecule has 1 aromatic carbocycles. The topological polar surface area (TPSA) is 57.6 Å². The molecule has 1 rings (SSSR count). The van der Waals surface area contributed by atoms with Gasteiger partial charge in [-0.2, -0.15) is 0 Å². The molecule has 0 heterocycles. The lowest BCUT2D eigenvalue weighted by atomic mass is 10.1. The SMILES string of the molecule is CCC(C(=O)O)C(=O)N(C)c1ccc(Br)cc1. The Morgan fingerprint density at radius 3 is 2.29 bits per heavy atom. The summed E-state index contributed by atoms with van der Waals surface area (Å²) >= 11 is 3.30. The van der Waals surface area contributed by atoms with E-state index in [4.69, 9.17) is 5.11 Å². The number of carbonyl (C=O) groups is 2. The molecule has 1 amide bonds. The molecule has 1 unspecified atom stereocenters. The van der Waals surface area contributed by atoms with Crippen molar-refractivity contribution >= 4 is 33.5 Å². The van der Waals surface area contributed by atoms with Crippen molar-refractivity contribution in [3.63, 3.8) is 0 Å². The number of carboxylic acids is 1. The monoisotopic (exact) mass is 299 g/mol. The lowest BCUT2D eigenvalue weighted by molar-refractivity contribution is -0.146. The maximum Gasteiger partial charge on any atom is 0.316 e. The Hall–Kier alpha value is -1.36. The Morgan fingerprint density at radius 1 is 1.35 bits per heavy atom. The Balaban J connectivity index is 2.89. The van der Waals surface area contributed by atoms with Gasteiger partial charge in [-0.15, -0.1) is 0 Å². The highest BCUT2D eigenvalue weighted by Gasteiger charge is 2.27. The fraction of sp³-hybridized carbons (Fsp3) is 0.333. The molecule has 0 spiro atoms. The van der Waals surface area contributed by atoms with E-state index in [1.807, 2.05) is 0 Å². The van der Waals surface area contributed by atoms with E-state index in [1.54, 1.807) is 38.2 Å². The fourth-order valence-corrected chi connectivity index (χ4v) is 1.74. The molecule has 0 saturated carbocycles. The zero-order valence-electron chi connectivity index (χ0n) is 9.68. The summed E-state index contributed by atoms with van der Waals surface area (Å²) in [6.45, 7) is 1.69. The second-order valence-electron chi connectivity index (χ2n) is 3.67. The van der Waals surface area contributed by atoms with Gasteiger partial charge in [-0.1, -0.05) is 22.9 Å². The summed E-state index contributed by atoms with van der Waals surface area (Å²) < 4.78 is 0.910. The van der Waals surface area contributed by atoms with Crippen LogP contribution < -0.4 is 4.90 Å². The van der Waals surface area contributed by atoms with Crippen molar-refractivity contribution in [2.75, 3.05) is 11.9 Å². The number of benzene rings is 1. The Morgan fingerprint density at radius 2 is 1.88 bits per heavy atom. The largest absolute Gasteiger partial charge is 0.481 e. The first-order chi connectivity index (χ1) is 7.97. The van der Waals surface area contributed by atoms with E-state index in [1.165, 1.54) is 4.90 Å². The third-order valence-electron chi connectivity index (χ3n) is 2.55. The molecule has 0 aliphatic heterocycles. The van der Waals surface area contributed by atoms with Crippen LogP contribution in [0.3, 0.4) is 0 Å². The van der Waals surface area contributed by atoms with E-state index >= 15 is 0 Å². The summed E-state index contributed by atoms with van der Waals surface area (Å²) in [4.78, 5) is 24.2. The smallest absolute Gasteiger partial charge is 0.316 e. The van der Waals surface area contributed by atoms with Crippen molar-refractivity contribution in [1.29, 1.82) is 0 Å². The van der Waals surface area contributed by atoms with Crippen LogP contribution in [0.5, 0.6) is 0 Å². The van der Waals surface area contributed by atoms with Crippen LogP contribution in [-0.2, 0) is 9.59 Å². The predicted octanol–water partition coefficient (Wildman–Crippen LogP) is 2.52. The number of carbonyl (C=O) groups excluding carboxylic acids is 1. The van der Waals surface area contributed by atoms with E-state index in [0.717, 1.165) is 4.47 Å². The Bertz CT molecular complexity index is 416. The van der Waals surface area contributed by atoms with Gasteiger partial charge in [0, 0.05) is 17.2 Å². The highest BCUT2D eigenvalue weighted by atomic mass is 79.9. The summed E-state index contributed by atoms with van der Waals surface area (Å²) in [6, 6.07) is 7.13. The minimum Gasteiger partial charge on any atom is -0.481 e. The van der Waals surface area contributed by atoms with Crippen LogP contribution in [0.1, 0.15) is 13.3 Å². The predicted molar refractivity (Wildman–Crippen MR) is 69.0 cm³/mol. The molecule has 0 aliphatic carbocycles. The van der Waals surface area contributed by atoms with Crippen LogP contribution >= 0.6 is 15.9 Å². The maximum absolute atomic E-state index is 11.9. The molecule has 1 atom stereocenters. The van der Waals surface area contributed by atoms with Crippen molar-refractivity contribution < 1.29 is 14.7 Å². The number of rotatable bonds is 4. The van der Waals surface area contributed by atoms with Crippen LogP contribution in [-0.4, -0.2) is 24.0 Å². The van der Waals surface area contributed by atoms with E-state index in [-0.39, 0.29) is 6.42 Å². The number of aliphatic carboxylic acids is 1.